The molecule has 1 aromatic rings. The van der Waals surface area contributed by atoms with Gasteiger partial charge in [0.1, 0.15) is 0 Å². The van der Waals surface area contributed by atoms with Crippen LogP contribution in [0.5, 0.6) is 0 Å². The maximum Gasteiger partial charge on any atom is 0.0937 e. The number of halogens is 2. The Balaban J connectivity index is 2.42. The minimum Gasteiger partial charge on any atom is -0.248 e. The molecule has 0 radical (unpaired) electrons. The van der Waals surface area contributed by atoms with Crippen molar-refractivity contribution in [3.63, 3.8) is 0 Å². The van der Waals surface area contributed by atoms with Gasteiger partial charge in [-0.25, -0.2) is 4.98 Å². The smallest absolute Gasteiger partial charge is 0.0937 e. The van der Waals surface area contributed by atoms with Crippen LogP contribution in [-0.2, 0) is 6.42 Å². The molecule has 0 atom stereocenters. The molecule has 0 fully saturated rings. The maximum atomic E-state index is 5.52. The van der Waals surface area contributed by atoms with Crippen molar-refractivity contribution in [3.8, 4) is 0 Å². The molecule has 0 amide bonds. The average molecular weight is 241 g/mol. The number of aryl methyl sites for hydroxylation is 1. The molecule has 0 spiro atoms. The van der Waals surface area contributed by atoms with E-state index in [4.69, 9.17) is 11.6 Å². The predicted octanol–water partition coefficient (Wildman–Crippen LogP) is 3.08. The van der Waals surface area contributed by atoms with Gasteiger partial charge < -0.3 is 0 Å². The van der Waals surface area contributed by atoms with Crippen molar-refractivity contribution in [2.45, 2.75) is 12.8 Å². The molecule has 1 aromatic heterocycles. The van der Waals surface area contributed by atoms with E-state index < -0.39 is 0 Å². The first kappa shape index (κ1) is 8.50. The van der Waals surface area contributed by atoms with Gasteiger partial charge in [0.05, 0.1) is 15.0 Å². The zero-order chi connectivity index (χ0) is 7.40. The first-order valence-corrected chi connectivity index (χ1v) is 5.13. The molecule has 1 rings (SSSR count). The number of alkyl halides is 1. The Morgan fingerprint density at radius 1 is 1.70 bits per heavy atom. The van der Waals surface area contributed by atoms with Crippen LogP contribution in [0.15, 0.2) is 9.98 Å². The summed E-state index contributed by atoms with van der Waals surface area (Å²) in [5.41, 5.74) is 0. The third-order valence-electron chi connectivity index (χ3n) is 1.05. The molecule has 0 bridgehead atoms. The Hall–Kier alpha value is 0.400. The van der Waals surface area contributed by atoms with Crippen LogP contribution in [0.1, 0.15) is 11.4 Å². The minimum atomic E-state index is 0.719. The third-order valence-corrected chi connectivity index (χ3v) is 2.85. The summed E-state index contributed by atoms with van der Waals surface area (Å²) in [6.45, 7) is 0. The van der Waals surface area contributed by atoms with Gasteiger partial charge in [-0.1, -0.05) is 0 Å². The van der Waals surface area contributed by atoms with Crippen LogP contribution in [0.2, 0.25) is 0 Å². The van der Waals surface area contributed by atoms with Crippen molar-refractivity contribution in [2.24, 2.45) is 0 Å². The third kappa shape index (κ3) is 2.56. The lowest BCUT2D eigenvalue weighted by Crippen LogP contribution is -1.82. The Labute approximate surface area is 77.6 Å². The molecule has 56 valence electrons. The van der Waals surface area contributed by atoms with Gasteiger partial charge in [-0.05, 0) is 22.4 Å². The highest BCUT2D eigenvalue weighted by molar-refractivity contribution is 9.11. The average Bonchev–Trinajstić information content (AvgIpc) is 2.31. The first-order chi connectivity index (χ1) is 4.83. The quantitative estimate of drug-likeness (QED) is 0.740. The van der Waals surface area contributed by atoms with Gasteiger partial charge >= 0.3 is 0 Å². The molecule has 0 aliphatic rings. The maximum absolute atomic E-state index is 5.52. The van der Waals surface area contributed by atoms with E-state index >= 15 is 0 Å². The number of hydrogen-bond acceptors (Lipinski definition) is 2. The summed E-state index contributed by atoms with van der Waals surface area (Å²) >= 11 is 10.5. The lowest BCUT2D eigenvalue weighted by molar-refractivity contribution is 0.915. The molecule has 0 aliphatic heterocycles. The molecule has 0 N–H and O–H groups in total. The van der Waals surface area contributed by atoms with Crippen molar-refractivity contribution >= 4 is 38.9 Å². The minimum absolute atomic E-state index is 0.719. The largest absolute Gasteiger partial charge is 0.248 e. The summed E-state index contributed by atoms with van der Waals surface area (Å²) < 4.78 is 1.09. The van der Waals surface area contributed by atoms with E-state index in [1.807, 2.05) is 6.20 Å². The van der Waals surface area contributed by atoms with E-state index in [2.05, 4.69) is 20.9 Å². The van der Waals surface area contributed by atoms with Crippen molar-refractivity contribution in [3.05, 3.63) is 15.0 Å². The molecular weight excluding hydrogens is 233 g/mol. The second kappa shape index (κ2) is 4.31. The number of aromatic nitrogens is 1. The standard InChI is InChI=1S/C6H7BrClNS/c7-5-4-9-6(10-5)2-1-3-8/h4H,1-3H2. The molecular formula is C6H7BrClNS. The zero-order valence-corrected chi connectivity index (χ0v) is 8.47. The van der Waals surface area contributed by atoms with Crippen LogP contribution < -0.4 is 0 Å². The van der Waals surface area contributed by atoms with Gasteiger partial charge in [0.2, 0.25) is 0 Å². The van der Waals surface area contributed by atoms with Crippen LogP contribution in [-0.4, -0.2) is 10.9 Å². The van der Waals surface area contributed by atoms with E-state index in [0.717, 1.165) is 27.5 Å². The molecule has 0 saturated heterocycles. The topological polar surface area (TPSA) is 12.9 Å². The Bertz CT molecular complexity index is 201. The van der Waals surface area contributed by atoms with Crippen LogP contribution in [0.4, 0.5) is 0 Å². The van der Waals surface area contributed by atoms with Gasteiger partial charge in [0, 0.05) is 12.3 Å². The lowest BCUT2D eigenvalue weighted by Gasteiger charge is -1.88. The highest BCUT2D eigenvalue weighted by Crippen LogP contribution is 2.19. The van der Waals surface area contributed by atoms with Crippen molar-refractivity contribution in [2.75, 3.05) is 5.88 Å². The summed E-state index contributed by atoms with van der Waals surface area (Å²) in [7, 11) is 0. The van der Waals surface area contributed by atoms with Gasteiger partial charge in [0.25, 0.3) is 0 Å². The summed E-state index contributed by atoms with van der Waals surface area (Å²) in [4.78, 5) is 4.17. The zero-order valence-electron chi connectivity index (χ0n) is 5.31. The van der Waals surface area contributed by atoms with Gasteiger partial charge in [0.15, 0.2) is 0 Å². The number of nitrogens with zero attached hydrogens (tertiary/aromatic N) is 1. The van der Waals surface area contributed by atoms with Crippen molar-refractivity contribution in [1.82, 2.24) is 4.98 Å². The molecule has 0 unspecified atom stereocenters. The van der Waals surface area contributed by atoms with E-state index in [0.29, 0.717) is 0 Å². The van der Waals surface area contributed by atoms with Gasteiger partial charge in [-0.2, -0.15) is 0 Å². The summed E-state index contributed by atoms with van der Waals surface area (Å²) in [6, 6.07) is 0. The number of rotatable bonds is 3. The molecule has 4 heteroatoms. The highest BCUT2D eigenvalue weighted by atomic mass is 79.9. The monoisotopic (exact) mass is 239 g/mol. The molecule has 1 heterocycles. The predicted molar refractivity (Wildman–Crippen MR) is 48.9 cm³/mol. The second-order valence-corrected chi connectivity index (χ2v) is 4.72. The van der Waals surface area contributed by atoms with Gasteiger partial charge in [-0.3, -0.25) is 0 Å². The highest BCUT2D eigenvalue weighted by Gasteiger charge is 1.97. The van der Waals surface area contributed by atoms with Crippen molar-refractivity contribution < 1.29 is 0 Å². The molecule has 0 saturated carbocycles. The van der Waals surface area contributed by atoms with E-state index in [-0.39, 0.29) is 0 Å². The van der Waals surface area contributed by atoms with E-state index in [1.165, 1.54) is 0 Å². The van der Waals surface area contributed by atoms with E-state index in [1.54, 1.807) is 11.3 Å². The van der Waals surface area contributed by atoms with Gasteiger partial charge in [-0.15, -0.1) is 22.9 Å². The molecule has 0 aromatic carbocycles. The SMILES string of the molecule is ClCCCc1ncc(Br)s1. The fourth-order valence-corrected chi connectivity index (χ4v) is 2.10. The van der Waals surface area contributed by atoms with Crippen LogP contribution in [0.25, 0.3) is 0 Å². The number of thiazole rings is 1. The molecule has 1 nitrogen and oxygen atoms in total. The summed E-state index contributed by atoms with van der Waals surface area (Å²) in [5.74, 6) is 0.719. The van der Waals surface area contributed by atoms with Crippen molar-refractivity contribution in [1.29, 1.82) is 0 Å². The fourth-order valence-electron chi connectivity index (χ4n) is 0.622. The fraction of sp³-hybridized carbons (Fsp3) is 0.500. The normalized spacial score (nSPS) is 10.2. The summed E-state index contributed by atoms with van der Waals surface area (Å²) in [5, 5.41) is 1.16. The Morgan fingerprint density at radius 3 is 3.00 bits per heavy atom. The second-order valence-electron chi connectivity index (χ2n) is 1.85. The molecule has 0 aliphatic carbocycles. The van der Waals surface area contributed by atoms with Crippen LogP contribution in [0, 0.1) is 0 Å². The lowest BCUT2D eigenvalue weighted by atomic mass is 10.4. The Morgan fingerprint density at radius 2 is 2.50 bits per heavy atom. The molecule has 10 heavy (non-hydrogen) atoms. The van der Waals surface area contributed by atoms with Crippen LogP contribution in [0.3, 0.4) is 0 Å². The first-order valence-electron chi connectivity index (χ1n) is 2.99. The number of hydrogen-bond donors (Lipinski definition) is 0. The van der Waals surface area contributed by atoms with E-state index in [9.17, 15) is 0 Å². The Kier molecular flexibility index (Phi) is 3.66. The van der Waals surface area contributed by atoms with Crippen LogP contribution >= 0.6 is 38.9 Å². The summed E-state index contributed by atoms with van der Waals surface area (Å²) in [6.07, 6.45) is 3.84.